The van der Waals surface area contributed by atoms with Crippen LogP contribution in [0.5, 0.6) is 0 Å². The van der Waals surface area contributed by atoms with Gasteiger partial charge in [0.25, 0.3) is 0 Å². The van der Waals surface area contributed by atoms with Crippen LogP contribution in [-0.4, -0.2) is 30.5 Å². The molecule has 104 valence electrons. The van der Waals surface area contributed by atoms with Crippen molar-refractivity contribution in [2.75, 3.05) is 19.6 Å². The first kappa shape index (κ1) is 13.9. The molecule has 2 unspecified atom stereocenters. The van der Waals surface area contributed by atoms with Crippen molar-refractivity contribution >= 4 is 5.96 Å². The highest BCUT2D eigenvalue weighted by molar-refractivity contribution is 5.78. The number of nitrogens with zero attached hydrogens (tertiary/aromatic N) is 2. The van der Waals surface area contributed by atoms with Gasteiger partial charge in [0.05, 0.1) is 0 Å². The average molecular weight is 259 g/mol. The van der Waals surface area contributed by atoms with Crippen molar-refractivity contribution in [2.24, 2.45) is 16.6 Å². The standard InChI is InChI=1S/C16H25N3/c1-3-13-12-19(16(17)18-4-2)11-10-15(13)14-8-6-5-7-9-14/h5-9,13,15H,3-4,10-12H2,1-2H3,(H2,17,18). The van der Waals surface area contributed by atoms with Gasteiger partial charge in [0.2, 0.25) is 0 Å². The molecule has 1 aliphatic heterocycles. The first-order valence-electron chi connectivity index (χ1n) is 7.36. The van der Waals surface area contributed by atoms with Crippen molar-refractivity contribution in [1.29, 1.82) is 0 Å². The van der Waals surface area contributed by atoms with Crippen LogP contribution in [0.3, 0.4) is 0 Å². The summed E-state index contributed by atoms with van der Waals surface area (Å²) >= 11 is 0. The lowest BCUT2D eigenvalue weighted by molar-refractivity contribution is 0.218. The smallest absolute Gasteiger partial charge is 0.191 e. The lowest BCUT2D eigenvalue weighted by atomic mass is 9.79. The Bertz CT molecular complexity index is 413. The molecule has 1 heterocycles. The third-order valence-corrected chi connectivity index (χ3v) is 4.13. The fraction of sp³-hybridized carbons (Fsp3) is 0.562. The second kappa shape index (κ2) is 6.60. The zero-order valence-corrected chi connectivity index (χ0v) is 12.0. The van der Waals surface area contributed by atoms with Crippen molar-refractivity contribution in [3.05, 3.63) is 35.9 Å². The molecule has 0 saturated carbocycles. The van der Waals surface area contributed by atoms with Crippen molar-refractivity contribution in [2.45, 2.75) is 32.6 Å². The molecule has 0 aromatic heterocycles. The Hall–Kier alpha value is -1.51. The minimum absolute atomic E-state index is 0.664. The highest BCUT2D eigenvalue weighted by atomic mass is 15.3. The Morgan fingerprint density at radius 2 is 2.05 bits per heavy atom. The Balaban J connectivity index is 2.09. The van der Waals surface area contributed by atoms with E-state index in [-0.39, 0.29) is 0 Å². The number of aliphatic imine (C=N–C) groups is 1. The summed E-state index contributed by atoms with van der Waals surface area (Å²) in [6.07, 6.45) is 2.36. The number of piperidine rings is 1. The van der Waals surface area contributed by atoms with E-state index in [0.717, 1.165) is 19.6 Å². The molecule has 0 amide bonds. The van der Waals surface area contributed by atoms with E-state index in [2.05, 4.69) is 47.1 Å². The number of nitrogens with two attached hydrogens (primary N) is 1. The van der Waals surface area contributed by atoms with Gasteiger partial charge in [-0.15, -0.1) is 0 Å². The molecule has 0 spiro atoms. The third kappa shape index (κ3) is 3.28. The number of hydrogen-bond acceptors (Lipinski definition) is 1. The molecule has 3 nitrogen and oxygen atoms in total. The van der Waals surface area contributed by atoms with E-state index in [0.29, 0.717) is 17.8 Å². The number of rotatable bonds is 3. The quantitative estimate of drug-likeness (QED) is 0.670. The van der Waals surface area contributed by atoms with Crippen LogP contribution < -0.4 is 5.73 Å². The topological polar surface area (TPSA) is 41.6 Å². The van der Waals surface area contributed by atoms with Gasteiger partial charge in [-0.05, 0) is 30.7 Å². The monoisotopic (exact) mass is 259 g/mol. The summed E-state index contributed by atoms with van der Waals surface area (Å²) in [6, 6.07) is 10.9. The molecule has 1 fully saturated rings. The van der Waals surface area contributed by atoms with Crippen LogP contribution >= 0.6 is 0 Å². The van der Waals surface area contributed by atoms with Gasteiger partial charge in [0, 0.05) is 19.6 Å². The van der Waals surface area contributed by atoms with Gasteiger partial charge >= 0.3 is 0 Å². The SMILES string of the molecule is CCN=C(N)N1CCC(c2ccccc2)C(CC)C1. The van der Waals surface area contributed by atoms with Gasteiger partial charge in [0.15, 0.2) is 5.96 Å². The predicted molar refractivity (Wildman–Crippen MR) is 81.3 cm³/mol. The van der Waals surface area contributed by atoms with Gasteiger partial charge in [-0.25, -0.2) is 0 Å². The molecule has 3 heteroatoms. The van der Waals surface area contributed by atoms with Crippen molar-refractivity contribution in [3.63, 3.8) is 0 Å². The van der Waals surface area contributed by atoms with Gasteiger partial charge in [0.1, 0.15) is 0 Å². The van der Waals surface area contributed by atoms with Gasteiger partial charge in [-0.2, -0.15) is 0 Å². The summed E-state index contributed by atoms with van der Waals surface area (Å²) in [5, 5.41) is 0. The zero-order valence-electron chi connectivity index (χ0n) is 12.0. The molecule has 1 aromatic rings. The van der Waals surface area contributed by atoms with Crippen LogP contribution in [-0.2, 0) is 0 Å². The van der Waals surface area contributed by atoms with Gasteiger partial charge < -0.3 is 10.6 Å². The van der Waals surface area contributed by atoms with Crippen LogP contribution in [0.1, 0.15) is 38.2 Å². The Morgan fingerprint density at radius 1 is 1.32 bits per heavy atom. The largest absolute Gasteiger partial charge is 0.370 e. The van der Waals surface area contributed by atoms with Crippen LogP contribution in [0.15, 0.2) is 35.3 Å². The Morgan fingerprint density at radius 3 is 2.68 bits per heavy atom. The number of likely N-dealkylation sites (tertiary alicyclic amines) is 1. The normalized spacial score (nSPS) is 24.5. The second-order valence-electron chi connectivity index (χ2n) is 5.25. The van der Waals surface area contributed by atoms with E-state index in [1.165, 1.54) is 18.4 Å². The number of hydrogen-bond donors (Lipinski definition) is 1. The predicted octanol–water partition coefficient (Wildman–Crippen LogP) is 2.84. The molecule has 2 atom stereocenters. The second-order valence-corrected chi connectivity index (χ2v) is 5.25. The van der Waals surface area contributed by atoms with Crippen LogP contribution in [0, 0.1) is 5.92 Å². The number of benzene rings is 1. The summed E-state index contributed by atoms with van der Waals surface area (Å²) in [4.78, 5) is 6.58. The lowest BCUT2D eigenvalue weighted by Gasteiger charge is -2.39. The first-order valence-corrected chi connectivity index (χ1v) is 7.36. The highest BCUT2D eigenvalue weighted by Gasteiger charge is 2.29. The Labute approximate surface area is 116 Å². The summed E-state index contributed by atoms with van der Waals surface area (Å²) in [6.45, 7) is 7.12. The van der Waals surface area contributed by atoms with E-state index in [9.17, 15) is 0 Å². The van der Waals surface area contributed by atoms with E-state index in [1.807, 2.05) is 6.92 Å². The molecular formula is C16H25N3. The van der Waals surface area contributed by atoms with Gasteiger partial charge in [-0.1, -0.05) is 43.7 Å². The van der Waals surface area contributed by atoms with Crippen molar-refractivity contribution in [3.8, 4) is 0 Å². The first-order chi connectivity index (χ1) is 9.26. The fourth-order valence-corrected chi connectivity index (χ4v) is 3.05. The van der Waals surface area contributed by atoms with Crippen molar-refractivity contribution < 1.29 is 0 Å². The maximum absolute atomic E-state index is 6.04. The summed E-state index contributed by atoms with van der Waals surface area (Å²) in [5.41, 5.74) is 7.51. The van der Waals surface area contributed by atoms with Crippen LogP contribution in [0.4, 0.5) is 0 Å². The number of guanidine groups is 1. The molecule has 0 aliphatic carbocycles. The van der Waals surface area contributed by atoms with E-state index < -0.39 is 0 Å². The molecule has 2 rings (SSSR count). The van der Waals surface area contributed by atoms with E-state index in [4.69, 9.17) is 5.73 Å². The van der Waals surface area contributed by atoms with Crippen LogP contribution in [0.25, 0.3) is 0 Å². The van der Waals surface area contributed by atoms with Gasteiger partial charge in [-0.3, -0.25) is 4.99 Å². The minimum atomic E-state index is 0.664. The summed E-state index contributed by atoms with van der Waals surface area (Å²) in [7, 11) is 0. The van der Waals surface area contributed by atoms with E-state index in [1.54, 1.807) is 0 Å². The lowest BCUT2D eigenvalue weighted by Crippen LogP contribution is -2.46. The average Bonchev–Trinajstić information content (AvgIpc) is 2.47. The maximum Gasteiger partial charge on any atom is 0.191 e. The van der Waals surface area contributed by atoms with Crippen molar-refractivity contribution in [1.82, 2.24) is 4.90 Å². The fourth-order valence-electron chi connectivity index (χ4n) is 3.05. The summed E-state index contributed by atoms with van der Waals surface area (Å²) in [5.74, 6) is 2.05. The molecule has 19 heavy (non-hydrogen) atoms. The molecular weight excluding hydrogens is 234 g/mol. The molecule has 1 saturated heterocycles. The highest BCUT2D eigenvalue weighted by Crippen LogP contribution is 2.34. The van der Waals surface area contributed by atoms with Crippen LogP contribution in [0.2, 0.25) is 0 Å². The molecule has 1 aliphatic rings. The summed E-state index contributed by atoms with van der Waals surface area (Å²) < 4.78 is 0. The zero-order chi connectivity index (χ0) is 13.7. The maximum atomic E-state index is 6.04. The Kier molecular flexibility index (Phi) is 4.83. The van der Waals surface area contributed by atoms with E-state index >= 15 is 0 Å². The molecule has 0 bridgehead atoms. The molecule has 1 aromatic carbocycles. The molecule has 2 N–H and O–H groups in total. The minimum Gasteiger partial charge on any atom is -0.370 e. The third-order valence-electron chi connectivity index (χ3n) is 4.13. The molecule has 0 radical (unpaired) electrons.